The molecule has 34 heavy (non-hydrogen) atoms. The Morgan fingerprint density at radius 3 is 2.53 bits per heavy atom. The number of ketones is 1. The summed E-state index contributed by atoms with van der Waals surface area (Å²) in [4.78, 5) is 18.4. The molecule has 0 amide bonds. The molecule has 0 spiro atoms. The van der Waals surface area contributed by atoms with Crippen LogP contribution in [0.15, 0.2) is 42.5 Å². The van der Waals surface area contributed by atoms with Crippen LogP contribution in [0.3, 0.4) is 0 Å². The average Bonchev–Trinajstić information content (AvgIpc) is 2.88. The Bertz CT molecular complexity index is 999. The fraction of sp³-hybridized carbons (Fsp3) is 0.536. The fourth-order valence-electron chi connectivity index (χ4n) is 6.07. The lowest BCUT2D eigenvalue weighted by Gasteiger charge is -2.44. The number of nitrogens with zero attached hydrogens (tertiary/aromatic N) is 2. The number of anilines is 1. The van der Waals surface area contributed by atoms with Gasteiger partial charge in [-0.25, -0.2) is 8.78 Å². The van der Waals surface area contributed by atoms with E-state index in [2.05, 4.69) is 39.4 Å². The molecule has 182 valence electrons. The predicted octanol–water partition coefficient (Wildman–Crippen LogP) is 5.03. The number of halogens is 2. The lowest BCUT2D eigenvalue weighted by Crippen LogP contribution is -2.59. The number of benzene rings is 2. The van der Waals surface area contributed by atoms with Gasteiger partial charge in [-0.05, 0) is 55.5 Å². The average molecular weight is 468 g/mol. The van der Waals surface area contributed by atoms with Gasteiger partial charge in [-0.1, -0.05) is 37.5 Å². The quantitative estimate of drug-likeness (QED) is 0.647. The largest absolute Gasteiger partial charge is 0.380 e. The molecule has 2 atom stereocenters. The molecule has 0 radical (unpaired) electrons. The molecule has 6 heteroatoms. The second-order valence-corrected chi connectivity index (χ2v) is 10.2. The van der Waals surface area contributed by atoms with E-state index < -0.39 is 5.82 Å². The first kappa shape index (κ1) is 23.4. The van der Waals surface area contributed by atoms with Crippen molar-refractivity contribution < 1.29 is 13.6 Å². The summed E-state index contributed by atoms with van der Waals surface area (Å²) in [6, 6.07) is 12.0. The number of carbonyl (C=O) groups excluding carboxylic acids is 1. The van der Waals surface area contributed by atoms with E-state index in [9.17, 15) is 13.6 Å². The van der Waals surface area contributed by atoms with Crippen molar-refractivity contribution in [2.24, 2.45) is 5.92 Å². The Hall–Kier alpha value is -2.31. The molecule has 0 aromatic heterocycles. The Kier molecular flexibility index (Phi) is 7.26. The lowest BCUT2D eigenvalue weighted by atomic mass is 9.80. The molecular weight excluding hydrogens is 432 g/mol. The van der Waals surface area contributed by atoms with Gasteiger partial charge in [-0.15, -0.1) is 0 Å². The molecule has 1 saturated carbocycles. The zero-order valence-corrected chi connectivity index (χ0v) is 19.8. The van der Waals surface area contributed by atoms with Crippen LogP contribution in [-0.2, 0) is 17.8 Å². The Balaban J connectivity index is 1.30. The molecule has 1 saturated heterocycles. The number of hydrogen-bond acceptors (Lipinski definition) is 4. The van der Waals surface area contributed by atoms with Crippen molar-refractivity contribution in [2.75, 3.05) is 31.5 Å². The zero-order chi connectivity index (χ0) is 23.5. The van der Waals surface area contributed by atoms with E-state index in [0.29, 0.717) is 17.9 Å². The highest BCUT2D eigenvalue weighted by atomic mass is 19.1. The first-order valence-electron chi connectivity index (χ1n) is 12.9. The van der Waals surface area contributed by atoms with E-state index in [-0.39, 0.29) is 23.8 Å². The number of aryl methyl sites for hydroxylation is 1. The van der Waals surface area contributed by atoms with Crippen LogP contribution in [-0.4, -0.2) is 53.8 Å². The number of nitrogens with one attached hydrogen (secondary N) is 1. The van der Waals surface area contributed by atoms with Crippen LogP contribution in [0.4, 0.5) is 14.5 Å². The van der Waals surface area contributed by atoms with Crippen molar-refractivity contribution >= 4 is 11.5 Å². The van der Waals surface area contributed by atoms with Gasteiger partial charge in [0.2, 0.25) is 0 Å². The molecular formula is C28H35F2N3O. The maximum atomic E-state index is 14.1. The molecule has 2 fully saturated rings. The van der Waals surface area contributed by atoms with Crippen molar-refractivity contribution in [1.29, 1.82) is 0 Å². The Morgan fingerprint density at radius 2 is 1.74 bits per heavy atom. The standard InChI is InChI=1S/C28H35F2N3O/c29-23-11-12-24(30)22(18-23)19-32-14-16-33(17-15-32)27(28(34)21-7-2-1-3-8-21)26-13-10-20-6-4-5-9-25(20)31-26/h4-6,9,11-12,18,21,26-27,31H,1-3,7-8,10,13-17,19H2. The van der Waals surface area contributed by atoms with E-state index >= 15 is 0 Å². The second-order valence-electron chi connectivity index (χ2n) is 10.2. The summed E-state index contributed by atoms with van der Waals surface area (Å²) in [7, 11) is 0. The highest BCUT2D eigenvalue weighted by Crippen LogP contribution is 2.32. The minimum absolute atomic E-state index is 0.108. The molecule has 2 aromatic carbocycles. The van der Waals surface area contributed by atoms with Gasteiger partial charge in [0, 0.05) is 55.9 Å². The molecule has 2 aliphatic heterocycles. The van der Waals surface area contributed by atoms with Crippen molar-refractivity contribution in [2.45, 2.75) is 63.6 Å². The van der Waals surface area contributed by atoms with E-state index in [1.54, 1.807) is 0 Å². The molecule has 0 bridgehead atoms. The molecule has 5 rings (SSSR count). The van der Waals surface area contributed by atoms with Crippen molar-refractivity contribution in [3.8, 4) is 0 Å². The highest BCUT2D eigenvalue weighted by Gasteiger charge is 2.40. The van der Waals surface area contributed by atoms with Crippen LogP contribution in [0, 0.1) is 17.6 Å². The molecule has 4 nitrogen and oxygen atoms in total. The number of rotatable bonds is 6. The topological polar surface area (TPSA) is 35.6 Å². The number of para-hydroxylation sites is 1. The van der Waals surface area contributed by atoms with Gasteiger partial charge in [0.25, 0.3) is 0 Å². The van der Waals surface area contributed by atoms with Gasteiger partial charge in [-0.2, -0.15) is 0 Å². The van der Waals surface area contributed by atoms with Crippen LogP contribution in [0.5, 0.6) is 0 Å². The van der Waals surface area contributed by atoms with Crippen LogP contribution in [0.1, 0.15) is 49.7 Å². The third-order valence-electron chi connectivity index (χ3n) is 7.97. The molecule has 2 aromatic rings. The molecule has 1 aliphatic carbocycles. The smallest absolute Gasteiger partial charge is 0.155 e. The van der Waals surface area contributed by atoms with Gasteiger partial charge in [0.1, 0.15) is 11.6 Å². The van der Waals surface area contributed by atoms with Gasteiger partial charge in [0.05, 0.1) is 6.04 Å². The summed E-state index contributed by atoms with van der Waals surface area (Å²) in [5.74, 6) is -0.200. The van der Waals surface area contributed by atoms with Gasteiger partial charge < -0.3 is 5.32 Å². The summed E-state index contributed by atoms with van der Waals surface area (Å²) in [5, 5.41) is 3.71. The third-order valence-corrected chi connectivity index (χ3v) is 7.97. The van der Waals surface area contributed by atoms with Crippen molar-refractivity contribution in [3.63, 3.8) is 0 Å². The fourth-order valence-corrected chi connectivity index (χ4v) is 6.07. The van der Waals surface area contributed by atoms with Crippen molar-refractivity contribution in [3.05, 3.63) is 65.2 Å². The van der Waals surface area contributed by atoms with Crippen LogP contribution >= 0.6 is 0 Å². The van der Waals surface area contributed by atoms with E-state index in [1.807, 2.05) is 0 Å². The van der Waals surface area contributed by atoms with Crippen molar-refractivity contribution in [1.82, 2.24) is 9.80 Å². The lowest BCUT2D eigenvalue weighted by molar-refractivity contribution is -0.130. The van der Waals surface area contributed by atoms with Gasteiger partial charge in [-0.3, -0.25) is 14.6 Å². The number of fused-ring (bicyclic) bond motifs is 1. The summed E-state index contributed by atoms with van der Waals surface area (Å²) >= 11 is 0. The number of piperazine rings is 1. The summed E-state index contributed by atoms with van der Waals surface area (Å²) in [5.41, 5.74) is 2.87. The van der Waals surface area contributed by atoms with Crippen LogP contribution in [0.25, 0.3) is 0 Å². The maximum absolute atomic E-state index is 14.1. The first-order valence-corrected chi connectivity index (χ1v) is 12.9. The summed E-state index contributed by atoms with van der Waals surface area (Å²) in [6.07, 6.45) is 7.50. The normalized spacial score (nSPS) is 23.2. The Morgan fingerprint density at radius 1 is 0.971 bits per heavy atom. The van der Waals surface area contributed by atoms with Crippen LogP contribution in [0.2, 0.25) is 0 Å². The van der Waals surface area contributed by atoms with E-state index in [1.165, 1.54) is 24.1 Å². The monoisotopic (exact) mass is 467 g/mol. The summed E-state index contributed by atoms with van der Waals surface area (Å²) in [6.45, 7) is 3.41. The number of carbonyl (C=O) groups is 1. The first-order chi connectivity index (χ1) is 16.6. The maximum Gasteiger partial charge on any atom is 0.155 e. The van der Waals surface area contributed by atoms with Gasteiger partial charge in [0.15, 0.2) is 5.78 Å². The molecule has 2 unspecified atom stereocenters. The van der Waals surface area contributed by atoms with Gasteiger partial charge >= 0.3 is 0 Å². The second kappa shape index (κ2) is 10.5. The number of Topliss-reactive ketones (excluding diaryl/α,β-unsaturated/α-hetero) is 1. The molecule has 2 heterocycles. The predicted molar refractivity (Wildman–Crippen MR) is 131 cm³/mol. The molecule has 1 N–H and O–H groups in total. The Labute approximate surface area is 201 Å². The minimum atomic E-state index is -0.406. The minimum Gasteiger partial charge on any atom is -0.380 e. The third kappa shape index (κ3) is 5.18. The summed E-state index contributed by atoms with van der Waals surface area (Å²) < 4.78 is 27.8. The zero-order valence-electron chi connectivity index (χ0n) is 19.8. The number of hydrogen-bond donors (Lipinski definition) is 1. The van der Waals surface area contributed by atoms with E-state index in [4.69, 9.17) is 0 Å². The highest BCUT2D eigenvalue weighted by molar-refractivity contribution is 5.88. The SMILES string of the molecule is O=C(C1CCCCC1)C(C1CCc2ccccc2N1)N1CCN(Cc2cc(F)ccc2F)CC1. The molecule has 3 aliphatic rings. The van der Waals surface area contributed by atoms with Crippen LogP contribution < -0.4 is 5.32 Å². The van der Waals surface area contributed by atoms with E-state index in [0.717, 1.165) is 76.5 Å².